The molecule has 8 heteroatoms. The topological polar surface area (TPSA) is 102 Å². The average Bonchev–Trinajstić information content (AvgIpc) is 2.87. The van der Waals surface area contributed by atoms with E-state index in [0.717, 1.165) is 0 Å². The van der Waals surface area contributed by atoms with Crippen molar-refractivity contribution >= 4 is 34.9 Å². The third-order valence-electron chi connectivity index (χ3n) is 4.53. The molecule has 2 aromatic carbocycles. The Morgan fingerprint density at radius 2 is 1.93 bits per heavy atom. The lowest BCUT2D eigenvalue weighted by molar-refractivity contribution is -0.152. The molecule has 1 aliphatic heterocycles. The van der Waals surface area contributed by atoms with E-state index in [2.05, 4.69) is 5.32 Å². The number of anilines is 2. The lowest BCUT2D eigenvalue weighted by Crippen LogP contribution is -2.39. The van der Waals surface area contributed by atoms with E-state index in [1.807, 2.05) is 0 Å². The lowest BCUT2D eigenvalue weighted by Gasteiger charge is -2.22. The highest BCUT2D eigenvalue weighted by Gasteiger charge is 2.27. The maximum Gasteiger partial charge on any atom is 0.326 e. The molecule has 8 nitrogen and oxygen atoms in total. The zero-order valence-electron chi connectivity index (χ0n) is 16.7. The zero-order chi connectivity index (χ0) is 21.7. The Morgan fingerprint density at radius 1 is 1.17 bits per heavy atom. The fourth-order valence-corrected chi connectivity index (χ4v) is 2.97. The smallest absolute Gasteiger partial charge is 0.326 e. The second kappa shape index (κ2) is 9.21. The molecule has 1 aliphatic rings. The van der Waals surface area contributed by atoms with Crippen LogP contribution in [0.15, 0.2) is 48.5 Å². The molecule has 1 atom stereocenters. The SMILES string of the molecule is CC(=O)c1cccc(NC(=O)[C@H](C)OC(=O)CN2C(=O)CCOc3ccccc32)c1. The molecule has 1 heterocycles. The van der Waals surface area contributed by atoms with E-state index in [0.29, 0.717) is 22.7 Å². The van der Waals surface area contributed by atoms with Gasteiger partial charge in [-0.05, 0) is 38.1 Å². The molecule has 0 spiro atoms. The average molecular weight is 410 g/mol. The molecule has 0 saturated heterocycles. The normalized spacial score (nSPS) is 14.1. The first-order valence-electron chi connectivity index (χ1n) is 9.48. The van der Waals surface area contributed by atoms with E-state index in [-0.39, 0.29) is 31.3 Å². The summed E-state index contributed by atoms with van der Waals surface area (Å²) in [6.07, 6.45) is -0.961. The second-order valence-corrected chi connectivity index (χ2v) is 6.80. The summed E-state index contributed by atoms with van der Waals surface area (Å²) in [5, 5.41) is 2.61. The number of hydrogen-bond acceptors (Lipinski definition) is 6. The van der Waals surface area contributed by atoms with E-state index in [4.69, 9.17) is 9.47 Å². The molecule has 3 rings (SSSR count). The number of rotatable bonds is 6. The first-order valence-corrected chi connectivity index (χ1v) is 9.48. The maximum absolute atomic E-state index is 12.4. The summed E-state index contributed by atoms with van der Waals surface area (Å²) in [7, 11) is 0. The second-order valence-electron chi connectivity index (χ2n) is 6.80. The van der Waals surface area contributed by atoms with Gasteiger partial charge in [0.2, 0.25) is 5.91 Å². The standard InChI is InChI=1S/C22H22N2O6/c1-14(25)16-6-5-7-17(12-16)23-22(28)15(2)30-21(27)13-24-18-8-3-4-9-19(18)29-11-10-20(24)26/h3-9,12,15H,10-11,13H2,1-2H3,(H,23,28)/t15-/m0/s1. The molecule has 2 aromatic rings. The molecule has 0 radical (unpaired) electrons. The molecule has 0 unspecified atom stereocenters. The van der Waals surface area contributed by atoms with Gasteiger partial charge in [-0.2, -0.15) is 0 Å². The van der Waals surface area contributed by atoms with E-state index in [1.165, 1.54) is 18.7 Å². The predicted molar refractivity (Wildman–Crippen MR) is 110 cm³/mol. The van der Waals surface area contributed by atoms with Crippen molar-refractivity contribution in [2.75, 3.05) is 23.4 Å². The first kappa shape index (κ1) is 21.0. The van der Waals surface area contributed by atoms with Gasteiger partial charge in [-0.15, -0.1) is 0 Å². The number of fused-ring (bicyclic) bond motifs is 1. The number of nitrogens with one attached hydrogen (secondary N) is 1. The van der Waals surface area contributed by atoms with Gasteiger partial charge in [-0.25, -0.2) is 0 Å². The number of hydrogen-bond donors (Lipinski definition) is 1. The van der Waals surface area contributed by atoms with Crippen LogP contribution in [0.5, 0.6) is 5.75 Å². The van der Waals surface area contributed by atoms with E-state index >= 15 is 0 Å². The van der Waals surface area contributed by atoms with Crippen LogP contribution in [0.1, 0.15) is 30.6 Å². The summed E-state index contributed by atoms with van der Waals surface area (Å²) < 4.78 is 10.8. The van der Waals surface area contributed by atoms with Crippen LogP contribution in [0.25, 0.3) is 0 Å². The number of amides is 2. The number of ether oxygens (including phenoxy) is 2. The van der Waals surface area contributed by atoms with Crippen LogP contribution in [0.3, 0.4) is 0 Å². The Balaban J connectivity index is 1.63. The van der Waals surface area contributed by atoms with Crippen molar-refractivity contribution in [1.82, 2.24) is 0 Å². The van der Waals surface area contributed by atoms with Gasteiger partial charge in [0, 0.05) is 11.3 Å². The van der Waals surface area contributed by atoms with Crippen molar-refractivity contribution in [1.29, 1.82) is 0 Å². The fourth-order valence-electron chi connectivity index (χ4n) is 2.97. The molecule has 0 saturated carbocycles. The van der Waals surface area contributed by atoms with Gasteiger partial charge in [0.05, 0.1) is 18.7 Å². The van der Waals surface area contributed by atoms with Crippen LogP contribution in [0.4, 0.5) is 11.4 Å². The molecule has 2 amide bonds. The molecule has 156 valence electrons. The summed E-state index contributed by atoms with van der Waals surface area (Å²) in [6, 6.07) is 13.4. The van der Waals surface area contributed by atoms with Gasteiger partial charge >= 0.3 is 5.97 Å². The number of esters is 1. The minimum atomic E-state index is -1.09. The number of benzene rings is 2. The van der Waals surface area contributed by atoms with Gasteiger partial charge in [0.1, 0.15) is 12.3 Å². The quantitative estimate of drug-likeness (QED) is 0.580. The van der Waals surface area contributed by atoms with Crippen molar-refractivity contribution in [3.8, 4) is 5.75 Å². The molecular weight excluding hydrogens is 388 g/mol. The van der Waals surface area contributed by atoms with Crippen molar-refractivity contribution in [3.05, 3.63) is 54.1 Å². The summed E-state index contributed by atoms with van der Waals surface area (Å²) >= 11 is 0. The number of carbonyl (C=O) groups excluding carboxylic acids is 4. The van der Waals surface area contributed by atoms with E-state index in [9.17, 15) is 19.2 Å². The van der Waals surface area contributed by atoms with E-state index < -0.39 is 18.0 Å². The third kappa shape index (κ3) is 5.02. The molecule has 1 N–H and O–H groups in total. The zero-order valence-corrected chi connectivity index (χ0v) is 16.7. The highest BCUT2D eigenvalue weighted by Crippen LogP contribution is 2.30. The van der Waals surface area contributed by atoms with Crippen LogP contribution in [0, 0.1) is 0 Å². The Kier molecular flexibility index (Phi) is 6.46. The number of Topliss-reactive ketones (excluding diaryl/α,β-unsaturated/α-hetero) is 1. The largest absolute Gasteiger partial charge is 0.491 e. The third-order valence-corrected chi connectivity index (χ3v) is 4.53. The Bertz CT molecular complexity index is 987. The number of carbonyl (C=O) groups is 4. The summed E-state index contributed by atoms with van der Waals surface area (Å²) in [5.74, 6) is -1.16. The number of para-hydroxylation sites is 2. The fraction of sp³-hybridized carbons (Fsp3) is 0.273. The summed E-state index contributed by atoms with van der Waals surface area (Å²) in [6.45, 7) is 2.75. The Morgan fingerprint density at radius 3 is 2.70 bits per heavy atom. The highest BCUT2D eigenvalue weighted by atomic mass is 16.5. The summed E-state index contributed by atoms with van der Waals surface area (Å²) in [5.41, 5.74) is 1.36. The molecule has 0 aliphatic carbocycles. The van der Waals surface area contributed by atoms with Gasteiger partial charge < -0.3 is 14.8 Å². The Hall–Kier alpha value is -3.68. The van der Waals surface area contributed by atoms with Crippen molar-refractivity contribution in [2.45, 2.75) is 26.4 Å². The van der Waals surface area contributed by atoms with Gasteiger partial charge in [-0.1, -0.05) is 24.3 Å². The van der Waals surface area contributed by atoms with Crippen LogP contribution in [-0.4, -0.2) is 42.8 Å². The first-order chi connectivity index (χ1) is 14.3. The van der Waals surface area contributed by atoms with Crippen LogP contribution in [-0.2, 0) is 19.1 Å². The number of nitrogens with zero attached hydrogens (tertiary/aromatic N) is 1. The van der Waals surface area contributed by atoms with Gasteiger partial charge in [0.25, 0.3) is 5.91 Å². The van der Waals surface area contributed by atoms with E-state index in [1.54, 1.807) is 48.5 Å². The van der Waals surface area contributed by atoms with Crippen LogP contribution >= 0.6 is 0 Å². The molecule has 30 heavy (non-hydrogen) atoms. The van der Waals surface area contributed by atoms with Crippen molar-refractivity contribution in [2.24, 2.45) is 0 Å². The lowest BCUT2D eigenvalue weighted by atomic mass is 10.1. The van der Waals surface area contributed by atoms with Crippen LogP contribution in [0.2, 0.25) is 0 Å². The van der Waals surface area contributed by atoms with Gasteiger partial charge in [0.15, 0.2) is 11.9 Å². The maximum atomic E-state index is 12.4. The number of ketones is 1. The highest BCUT2D eigenvalue weighted by molar-refractivity contribution is 6.01. The summed E-state index contributed by atoms with van der Waals surface area (Å²) in [4.78, 5) is 49.9. The molecule has 0 bridgehead atoms. The molecule has 0 aromatic heterocycles. The van der Waals surface area contributed by atoms with Crippen molar-refractivity contribution in [3.63, 3.8) is 0 Å². The monoisotopic (exact) mass is 410 g/mol. The predicted octanol–water partition coefficient (Wildman–Crippen LogP) is 2.58. The van der Waals surface area contributed by atoms with Gasteiger partial charge in [-0.3, -0.25) is 24.1 Å². The molecule has 0 fully saturated rings. The minimum Gasteiger partial charge on any atom is -0.491 e. The Labute approximate surface area is 173 Å². The minimum absolute atomic E-state index is 0.128. The van der Waals surface area contributed by atoms with Crippen LogP contribution < -0.4 is 15.0 Å². The molecular formula is C22H22N2O6. The van der Waals surface area contributed by atoms with Crippen molar-refractivity contribution < 1.29 is 28.7 Å².